The summed E-state index contributed by atoms with van der Waals surface area (Å²) in [6, 6.07) is 0.227. The van der Waals surface area contributed by atoms with Gasteiger partial charge in [0.2, 0.25) is 0 Å². The van der Waals surface area contributed by atoms with E-state index >= 15 is 0 Å². The fraction of sp³-hybridized carbons (Fsp3) is 0.800. The van der Waals surface area contributed by atoms with Crippen molar-refractivity contribution < 1.29 is 10.2 Å². The predicted molar refractivity (Wildman–Crippen MR) is 52.5 cm³/mol. The van der Waals surface area contributed by atoms with E-state index in [1.807, 2.05) is 6.08 Å². The molecule has 0 aromatic heterocycles. The lowest BCUT2D eigenvalue weighted by atomic mass is 10.2. The summed E-state index contributed by atoms with van der Waals surface area (Å²) in [6.07, 6.45) is 4.62. The van der Waals surface area contributed by atoms with Crippen LogP contribution in [-0.2, 0) is 0 Å². The van der Waals surface area contributed by atoms with Crippen LogP contribution >= 0.6 is 0 Å². The van der Waals surface area contributed by atoms with Gasteiger partial charge in [-0.2, -0.15) is 0 Å². The molecule has 2 atom stereocenters. The van der Waals surface area contributed by atoms with Gasteiger partial charge in [0.1, 0.15) is 0 Å². The Labute approximate surface area is 79.7 Å². The van der Waals surface area contributed by atoms with Gasteiger partial charge in [0.15, 0.2) is 0 Å². The van der Waals surface area contributed by atoms with E-state index in [1.165, 1.54) is 0 Å². The molecule has 1 rings (SSSR count). The van der Waals surface area contributed by atoms with Crippen LogP contribution in [0.3, 0.4) is 0 Å². The van der Waals surface area contributed by atoms with Crippen LogP contribution in [0.25, 0.3) is 0 Å². The normalized spacial score (nSPS) is 28.2. The average Bonchev–Trinajstić information content (AvgIpc) is 2.51. The zero-order valence-electron chi connectivity index (χ0n) is 8.02. The highest BCUT2D eigenvalue weighted by molar-refractivity contribution is 4.88. The van der Waals surface area contributed by atoms with Crippen molar-refractivity contribution in [3.05, 3.63) is 12.7 Å². The molecule has 0 bridgehead atoms. The van der Waals surface area contributed by atoms with Crippen LogP contribution in [0.4, 0.5) is 0 Å². The van der Waals surface area contributed by atoms with E-state index in [0.717, 1.165) is 25.8 Å². The van der Waals surface area contributed by atoms with E-state index in [9.17, 15) is 5.11 Å². The maximum absolute atomic E-state index is 9.66. The second-order valence-electron chi connectivity index (χ2n) is 3.57. The number of nitrogens with zero attached hydrogens (tertiary/aromatic N) is 1. The highest BCUT2D eigenvalue weighted by atomic mass is 16.3. The smallest absolute Gasteiger partial charge is 0.0695 e. The lowest BCUT2D eigenvalue weighted by Crippen LogP contribution is -2.42. The molecule has 1 saturated carbocycles. The lowest BCUT2D eigenvalue weighted by Gasteiger charge is -2.29. The molecule has 0 aromatic rings. The maximum atomic E-state index is 9.66. The van der Waals surface area contributed by atoms with Gasteiger partial charge >= 0.3 is 0 Å². The molecule has 0 spiro atoms. The van der Waals surface area contributed by atoms with E-state index < -0.39 is 0 Å². The van der Waals surface area contributed by atoms with Crippen LogP contribution in [0.5, 0.6) is 0 Å². The molecule has 1 fully saturated rings. The summed E-state index contributed by atoms with van der Waals surface area (Å²) in [5.41, 5.74) is 0. The van der Waals surface area contributed by atoms with Crippen LogP contribution in [0.15, 0.2) is 12.7 Å². The third-order valence-electron chi connectivity index (χ3n) is 2.66. The van der Waals surface area contributed by atoms with Crippen LogP contribution < -0.4 is 0 Å². The van der Waals surface area contributed by atoms with Crippen molar-refractivity contribution in [2.75, 3.05) is 19.7 Å². The molecule has 0 heterocycles. The summed E-state index contributed by atoms with van der Waals surface area (Å²) >= 11 is 0. The van der Waals surface area contributed by atoms with Gasteiger partial charge in [0.05, 0.1) is 12.7 Å². The number of hydrogen-bond donors (Lipinski definition) is 2. The van der Waals surface area contributed by atoms with Gasteiger partial charge in [-0.05, 0) is 19.3 Å². The minimum atomic E-state index is -0.216. The van der Waals surface area contributed by atoms with Gasteiger partial charge in [0.25, 0.3) is 0 Å². The van der Waals surface area contributed by atoms with Gasteiger partial charge in [-0.1, -0.05) is 6.08 Å². The Morgan fingerprint density at radius 1 is 1.46 bits per heavy atom. The van der Waals surface area contributed by atoms with Crippen LogP contribution in [0, 0.1) is 0 Å². The number of aliphatic hydroxyl groups is 2. The van der Waals surface area contributed by atoms with Gasteiger partial charge in [0, 0.05) is 19.1 Å². The van der Waals surface area contributed by atoms with Gasteiger partial charge in [-0.15, -0.1) is 6.58 Å². The SMILES string of the molecule is C=CCN(CCO)C1CCCC1O. The standard InChI is InChI=1S/C10H19NO2/c1-2-6-11(7-8-12)9-4-3-5-10(9)13/h2,9-10,12-13H,1,3-8H2. The molecule has 0 aliphatic heterocycles. The Bertz CT molecular complexity index is 161. The molecule has 0 aromatic carbocycles. The molecule has 1 aliphatic rings. The molecule has 0 amide bonds. The van der Waals surface area contributed by atoms with Crippen LogP contribution in [-0.4, -0.2) is 47.0 Å². The van der Waals surface area contributed by atoms with Crippen molar-refractivity contribution >= 4 is 0 Å². The third kappa shape index (κ3) is 2.79. The molecule has 0 saturated heterocycles. The Morgan fingerprint density at radius 3 is 2.69 bits per heavy atom. The Morgan fingerprint density at radius 2 is 2.23 bits per heavy atom. The number of hydrogen-bond acceptors (Lipinski definition) is 3. The van der Waals surface area contributed by atoms with E-state index in [2.05, 4.69) is 11.5 Å². The first-order valence-corrected chi connectivity index (χ1v) is 4.93. The summed E-state index contributed by atoms with van der Waals surface area (Å²) in [6.45, 7) is 5.21. The number of rotatable bonds is 5. The van der Waals surface area contributed by atoms with Crippen LogP contribution in [0.1, 0.15) is 19.3 Å². The molecule has 1 aliphatic carbocycles. The van der Waals surface area contributed by atoms with Crippen molar-refractivity contribution in [3.8, 4) is 0 Å². The Balaban J connectivity index is 2.46. The second kappa shape index (κ2) is 5.37. The summed E-state index contributed by atoms with van der Waals surface area (Å²) in [4.78, 5) is 2.10. The van der Waals surface area contributed by atoms with E-state index in [-0.39, 0.29) is 18.8 Å². The zero-order chi connectivity index (χ0) is 9.68. The molecule has 13 heavy (non-hydrogen) atoms. The minimum Gasteiger partial charge on any atom is -0.395 e. The molecule has 2 N–H and O–H groups in total. The van der Waals surface area contributed by atoms with Crippen molar-refractivity contribution in [2.45, 2.75) is 31.4 Å². The van der Waals surface area contributed by atoms with E-state index in [1.54, 1.807) is 0 Å². The quantitative estimate of drug-likeness (QED) is 0.609. The molecule has 76 valence electrons. The first kappa shape index (κ1) is 10.7. The summed E-state index contributed by atoms with van der Waals surface area (Å²) in [7, 11) is 0. The molecule has 2 unspecified atom stereocenters. The van der Waals surface area contributed by atoms with Crippen LogP contribution in [0.2, 0.25) is 0 Å². The predicted octanol–water partition coefficient (Wildman–Crippen LogP) is 0.380. The monoisotopic (exact) mass is 185 g/mol. The lowest BCUT2D eigenvalue weighted by molar-refractivity contribution is 0.0667. The minimum absolute atomic E-state index is 0.150. The van der Waals surface area contributed by atoms with Crippen molar-refractivity contribution in [3.63, 3.8) is 0 Å². The number of aliphatic hydroxyl groups excluding tert-OH is 2. The molecular formula is C10H19NO2. The van der Waals surface area contributed by atoms with Gasteiger partial charge in [-0.3, -0.25) is 4.90 Å². The van der Waals surface area contributed by atoms with Crippen molar-refractivity contribution in [2.24, 2.45) is 0 Å². The fourth-order valence-corrected chi connectivity index (χ4v) is 2.03. The topological polar surface area (TPSA) is 43.7 Å². The third-order valence-corrected chi connectivity index (χ3v) is 2.66. The van der Waals surface area contributed by atoms with E-state index in [4.69, 9.17) is 5.11 Å². The molecule has 3 heteroatoms. The molecular weight excluding hydrogens is 166 g/mol. The maximum Gasteiger partial charge on any atom is 0.0695 e. The molecule has 0 radical (unpaired) electrons. The highest BCUT2D eigenvalue weighted by Crippen LogP contribution is 2.23. The summed E-state index contributed by atoms with van der Waals surface area (Å²) in [5, 5.41) is 18.5. The van der Waals surface area contributed by atoms with E-state index in [0.29, 0.717) is 6.54 Å². The summed E-state index contributed by atoms with van der Waals surface area (Å²) in [5.74, 6) is 0. The fourth-order valence-electron chi connectivity index (χ4n) is 2.03. The molecule has 3 nitrogen and oxygen atoms in total. The summed E-state index contributed by atoms with van der Waals surface area (Å²) < 4.78 is 0. The second-order valence-corrected chi connectivity index (χ2v) is 3.57. The van der Waals surface area contributed by atoms with Crippen molar-refractivity contribution in [1.82, 2.24) is 4.90 Å². The van der Waals surface area contributed by atoms with Crippen molar-refractivity contribution in [1.29, 1.82) is 0 Å². The highest BCUT2D eigenvalue weighted by Gasteiger charge is 2.29. The largest absolute Gasteiger partial charge is 0.395 e. The Kier molecular flexibility index (Phi) is 4.42. The zero-order valence-corrected chi connectivity index (χ0v) is 8.02. The Hall–Kier alpha value is -0.380. The first-order chi connectivity index (χ1) is 6.29. The van der Waals surface area contributed by atoms with Gasteiger partial charge in [-0.25, -0.2) is 0 Å². The first-order valence-electron chi connectivity index (χ1n) is 4.93. The average molecular weight is 185 g/mol. The van der Waals surface area contributed by atoms with Gasteiger partial charge < -0.3 is 10.2 Å².